The Bertz CT molecular complexity index is 1010. The lowest BCUT2D eigenvalue weighted by molar-refractivity contribution is -0.116. The summed E-state index contributed by atoms with van der Waals surface area (Å²) < 4.78 is 20.2. The number of nitrogens with one attached hydrogen (secondary N) is 1. The van der Waals surface area contributed by atoms with Crippen molar-refractivity contribution in [1.82, 2.24) is 4.57 Å². The molecule has 1 aromatic heterocycles. The van der Waals surface area contributed by atoms with Gasteiger partial charge in [-0.1, -0.05) is 6.07 Å². The maximum atomic E-state index is 13.4. The molecule has 128 valence electrons. The molecule has 3 aromatic rings. The maximum absolute atomic E-state index is 13.4. The van der Waals surface area contributed by atoms with Crippen LogP contribution in [0.25, 0.3) is 10.9 Å². The van der Waals surface area contributed by atoms with Gasteiger partial charge in [-0.05, 0) is 42.8 Å². The number of fused-ring (bicyclic) bond motifs is 1. The van der Waals surface area contributed by atoms with Crippen LogP contribution in [0.1, 0.15) is 5.56 Å². The lowest BCUT2D eigenvalue weighted by Crippen LogP contribution is -2.20. The molecule has 0 atom stereocenters. The van der Waals surface area contributed by atoms with Gasteiger partial charge in [-0.2, -0.15) is 0 Å². The van der Waals surface area contributed by atoms with E-state index in [1.54, 1.807) is 10.6 Å². The van der Waals surface area contributed by atoms with Gasteiger partial charge in [-0.15, -0.1) is 0 Å². The topological polar surface area (TPSA) is 60.3 Å². The largest absolute Gasteiger partial charge is 0.495 e. The molecule has 6 heteroatoms. The highest BCUT2D eigenvalue weighted by atomic mass is 19.1. The number of nitrogens with zero attached hydrogens (tertiary/aromatic N) is 1. The highest BCUT2D eigenvalue weighted by Gasteiger charge is 2.11. The van der Waals surface area contributed by atoms with Gasteiger partial charge in [0, 0.05) is 17.6 Å². The van der Waals surface area contributed by atoms with Gasteiger partial charge in [-0.3, -0.25) is 9.59 Å². The van der Waals surface area contributed by atoms with Crippen LogP contribution in [-0.4, -0.2) is 17.6 Å². The third-order valence-corrected chi connectivity index (χ3v) is 3.88. The Morgan fingerprint density at radius 1 is 1.20 bits per heavy atom. The Labute approximate surface area is 143 Å². The molecular weight excluding hydrogens is 323 g/mol. The minimum absolute atomic E-state index is 0.0144. The van der Waals surface area contributed by atoms with Crippen molar-refractivity contribution in [3.05, 3.63) is 70.3 Å². The smallest absolute Gasteiger partial charge is 0.244 e. The maximum Gasteiger partial charge on any atom is 0.244 e. The van der Waals surface area contributed by atoms with Gasteiger partial charge in [0.2, 0.25) is 5.91 Å². The second-order valence-electron chi connectivity index (χ2n) is 5.72. The zero-order valence-electron chi connectivity index (χ0n) is 13.9. The van der Waals surface area contributed by atoms with Crippen LogP contribution < -0.4 is 15.5 Å². The molecule has 1 N–H and O–H groups in total. The van der Waals surface area contributed by atoms with Crippen LogP contribution in [0.4, 0.5) is 10.1 Å². The predicted molar refractivity (Wildman–Crippen MR) is 94.5 cm³/mol. The normalized spacial score (nSPS) is 10.7. The van der Waals surface area contributed by atoms with Crippen LogP contribution in [0.3, 0.4) is 0 Å². The number of hydrogen-bond acceptors (Lipinski definition) is 3. The van der Waals surface area contributed by atoms with Gasteiger partial charge < -0.3 is 14.6 Å². The fourth-order valence-corrected chi connectivity index (χ4v) is 2.69. The molecule has 1 amide bonds. The zero-order chi connectivity index (χ0) is 18.0. The summed E-state index contributed by atoms with van der Waals surface area (Å²) in [5, 5.41) is 3.04. The van der Waals surface area contributed by atoms with Crippen molar-refractivity contribution in [2.45, 2.75) is 13.5 Å². The van der Waals surface area contributed by atoms with Gasteiger partial charge in [0.1, 0.15) is 18.1 Å². The van der Waals surface area contributed by atoms with E-state index in [2.05, 4.69) is 5.32 Å². The van der Waals surface area contributed by atoms with Crippen molar-refractivity contribution in [2.24, 2.45) is 0 Å². The van der Waals surface area contributed by atoms with Gasteiger partial charge in [0.25, 0.3) is 0 Å². The van der Waals surface area contributed by atoms with Crippen LogP contribution in [0.5, 0.6) is 5.75 Å². The van der Waals surface area contributed by atoms with E-state index in [0.717, 1.165) is 5.56 Å². The molecule has 0 aliphatic rings. The number of benzene rings is 2. The van der Waals surface area contributed by atoms with Crippen molar-refractivity contribution in [2.75, 3.05) is 12.4 Å². The summed E-state index contributed by atoms with van der Waals surface area (Å²) in [5.74, 6) is -0.208. The minimum atomic E-state index is -0.490. The molecule has 0 aliphatic carbocycles. The fourth-order valence-electron chi connectivity index (χ4n) is 2.69. The number of halogens is 1. The Morgan fingerprint density at radius 2 is 2.00 bits per heavy atom. The summed E-state index contributed by atoms with van der Waals surface area (Å²) in [4.78, 5) is 24.3. The van der Waals surface area contributed by atoms with E-state index >= 15 is 0 Å². The monoisotopic (exact) mass is 340 g/mol. The van der Waals surface area contributed by atoms with Gasteiger partial charge in [-0.25, -0.2) is 4.39 Å². The van der Waals surface area contributed by atoms with Crippen LogP contribution in [0.15, 0.2) is 53.5 Å². The number of rotatable bonds is 4. The minimum Gasteiger partial charge on any atom is -0.495 e. The van der Waals surface area contributed by atoms with Crippen molar-refractivity contribution >= 4 is 22.5 Å². The number of carbonyl (C=O) groups is 1. The molecule has 0 saturated heterocycles. The number of ether oxygens (including phenoxy) is 1. The Morgan fingerprint density at radius 3 is 2.76 bits per heavy atom. The predicted octanol–water partition coefficient (Wildman–Crippen LogP) is 3.10. The van der Waals surface area contributed by atoms with Crippen molar-refractivity contribution in [1.29, 1.82) is 0 Å². The third-order valence-electron chi connectivity index (χ3n) is 3.88. The molecule has 3 rings (SSSR count). The summed E-state index contributed by atoms with van der Waals surface area (Å²) in [6.07, 6.45) is 1.52. The molecule has 0 saturated carbocycles. The standard InChI is InChI=1S/C19H17FN2O3/c1-12-3-6-18(25-2)15(9-12)21-19(24)11-22-8-7-17(23)14-10-13(20)4-5-16(14)22/h3-10H,11H2,1-2H3,(H,21,24). The first kappa shape index (κ1) is 16.7. The quantitative estimate of drug-likeness (QED) is 0.794. The Balaban J connectivity index is 1.89. The first-order valence-corrected chi connectivity index (χ1v) is 7.71. The molecule has 0 bridgehead atoms. The van der Waals surface area contributed by atoms with Crippen molar-refractivity contribution < 1.29 is 13.9 Å². The molecular formula is C19H17FN2O3. The first-order valence-electron chi connectivity index (χ1n) is 7.71. The number of anilines is 1. The third kappa shape index (κ3) is 3.52. The summed E-state index contributed by atoms with van der Waals surface area (Å²) in [6.45, 7) is 1.90. The van der Waals surface area contributed by atoms with Crippen LogP contribution >= 0.6 is 0 Å². The van der Waals surface area contributed by atoms with Crippen LogP contribution in [0, 0.1) is 12.7 Å². The van der Waals surface area contributed by atoms with E-state index < -0.39 is 5.82 Å². The highest BCUT2D eigenvalue weighted by Crippen LogP contribution is 2.25. The van der Waals surface area contributed by atoms with Gasteiger partial charge in [0.05, 0.1) is 18.3 Å². The number of aryl methyl sites for hydroxylation is 1. The molecule has 0 aliphatic heterocycles. The molecule has 0 unspecified atom stereocenters. The SMILES string of the molecule is COc1ccc(C)cc1NC(=O)Cn1ccc(=O)c2cc(F)ccc21. The number of methoxy groups -OCH3 is 1. The highest BCUT2D eigenvalue weighted by molar-refractivity contribution is 5.93. The number of amides is 1. The lowest BCUT2D eigenvalue weighted by atomic mass is 10.2. The number of carbonyl (C=O) groups excluding carboxylic acids is 1. The van der Waals surface area contributed by atoms with E-state index in [-0.39, 0.29) is 23.3 Å². The molecule has 2 aromatic carbocycles. The second kappa shape index (κ2) is 6.76. The Hall–Kier alpha value is -3.15. The number of hydrogen-bond donors (Lipinski definition) is 1. The summed E-state index contributed by atoms with van der Waals surface area (Å²) in [7, 11) is 1.53. The van der Waals surface area contributed by atoms with Crippen molar-refractivity contribution in [3.8, 4) is 5.75 Å². The Kier molecular flexibility index (Phi) is 4.52. The van der Waals surface area contributed by atoms with Gasteiger partial charge >= 0.3 is 0 Å². The summed E-state index contributed by atoms with van der Waals surface area (Å²) in [6, 6.07) is 10.7. The van der Waals surface area contributed by atoms with E-state index in [1.165, 1.54) is 37.6 Å². The van der Waals surface area contributed by atoms with Crippen molar-refractivity contribution in [3.63, 3.8) is 0 Å². The fraction of sp³-hybridized carbons (Fsp3) is 0.158. The molecule has 5 nitrogen and oxygen atoms in total. The molecule has 0 spiro atoms. The average molecular weight is 340 g/mol. The lowest BCUT2D eigenvalue weighted by Gasteiger charge is -2.13. The average Bonchev–Trinajstić information content (AvgIpc) is 2.58. The molecule has 25 heavy (non-hydrogen) atoms. The van der Waals surface area contributed by atoms with Gasteiger partial charge in [0.15, 0.2) is 5.43 Å². The van der Waals surface area contributed by atoms with Crippen LogP contribution in [-0.2, 0) is 11.3 Å². The number of aromatic nitrogens is 1. The summed E-state index contributed by atoms with van der Waals surface area (Å²) >= 11 is 0. The zero-order valence-corrected chi connectivity index (χ0v) is 13.9. The molecule has 0 fully saturated rings. The molecule has 1 heterocycles. The molecule has 0 radical (unpaired) electrons. The van der Waals surface area contributed by atoms with Crippen LogP contribution in [0.2, 0.25) is 0 Å². The van der Waals surface area contributed by atoms with E-state index in [1.807, 2.05) is 19.1 Å². The number of pyridine rings is 1. The van der Waals surface area contributed by atoms with E-state index in [4.69, 9.17) is 4.74 Å². The summed E-state index contributed by atoms with van der Waals surface area (Å²) in [5.41, 5.74) is 1.77. The van der Waals surface area contributed by atoms with E-state index in [9.17, 15) is 14.0 Å². The second-order valence-corrected chi connectivity index (χ2v) is 5.72. The van der Waals surface area contributed by atoms with E-state index in [0.29, 0.717) is 17.0 Å². The first-order chi connectivity index (χ1) is 12.0.